The first-order valence-electron chi connectivity index (χ1n) is 6.17. The Morgan fingerprint density at radius 2 is 1.41 bits per heavy atom. The Labute approximate surface area is 121 Å². The molecule has 2 unspecified atom stereocenters. The third-order valence-electron chi connectivity index (χ3n) is 3.46. The van der Waals surface area contributed by atoms with Gasteiger partial charge in [-0.1, -0.05) is 6.92 Å². The molecule has 0 saturated heterocycles. The predicted molar refractivity (Wildman–Crippen MR) is 59.5 cm³/mol. The van der Waals surface area contributed by atoms with Crippen LogP contribution in [0.25, 0.3) is 0 Å². The van der Waals surface area contributed by atoms with Crippen LogP contribution in [0, 0.1) is 5.41 Å². The fourth-order valence-electron chi connectivity index (χ4n) is 1.97. The second-order valence-corrected chi connectivity index (χ2v) is 5.69. The van der Waals surface area contributed by atoms with E-state index in [9.17, 15) is 35.9 Å². The second kappa shape index (κ2) is 5.62. The first-order chi connectivity index (χ1) is 9.66. The van der Waals surface area contributed by atoms with Crippen molar-refractivity contribution in [3.63, 3.8) is 0 Å². The lowest BCUT2D eigenvalue weighted by molar-refractivity contribution is -0.178. The Kier molecular flexibility index (Phi) is 4.74. The minimum Gasteiger partial charge on any atom is -0.465 e. The average Bonchev–Trinajstić information content (AvgIpc) is 2.72. The van der Waals surface area contributed by atoms with Gasteiger partial charge in [0.05, 0.1) is 0 Å². The van der Waals surface area contributed by atoms with Crippen LogP contribution in [0.1, 0.15) is 33.1 Å². The number of ether oxygens (including phenoxy) is 2. The summed E-state index contributed by atoms with van der Waals surface area (Å²) in [5, 5.41) is 0. The Morgan fingerprint density at radius 3 is 1.86 bits per heavy atom. The largest absolute Gasteiger partial charge is 0.465 e. The highest BCUT2D eigenvalue weighted by atomic mass is 19.4. The number of rotatable bonds is 5. The molecule has 2 atom stereocenters. The normalized spacial score (nSPS) is 28.2. The van der Waals surface area contributed by atoms with Crippen molar-refractivity contribution < 1.29 is 45.4 Å². The minimum absolute atomic E-state index is 0.0862. The number of alkyl halides is 6. The third kappa shape index (κ3) is 5.38. The summed E-state index contributed by atoms with van der Waals surface area (Å²) >= 11 is 0. The van der Waals surface area contributed by atoms with Gasteiger partial charge in [-0.05, 0) is 6.92 Å². The van der Waals surface area contributed by atoms with Gasteiger partial charge >= 0.3 is 24.3 Å². The molecule has 0 radical (unpaired) electrons. The van der Waals surface area contributed by atoms with Gasteiger partial charge in [0.2, 0.25) is 0 Å². The van der Waals surface area contributed by atoms with Crippen molar-refractivity contribution >= 4 is 11.9 Å². The van der Waals surface area contributed by atoms with Crippen LogP contribution in [0.2, 0.25) is 0 Å². The van der Waals surface area contributed by atoms with E-state index in [1.807, 2.05) is 0 Å². The maximum atomic E-state index is 12.0. The van der Waals surface area contributed by atoms with Crippen molar-refractivity contribution in [1.82, 2.24) is 0 Å². The molecule has 0 amide bonds. The Bertz CT molecular complexity index is 458. The van der Waals surface area contributed by atoms with Gasteiger partial charge in [-0.25, -0.2) is 0 Å². The number of carbonyl (C=O) groups is 2. The molecular formula is C12H14F6O4. The van der Waals surface area contributed by atoms with Crippen LogP contribution in [0.15, 0.2) is 0 Å². The van der Waals surface area contributed by atoms with Crippen molar-refractivity contribution in [2.45, 2.75) is 51.1 Å². The van der Waals surface area contributed by atoms with Gasteiger partial charge in [-0.3, -0.25) is 9.59 Å². The molecule has 0 aromatic heterocycles. The highest BCUT2D eigenvalue weighted by molar-refractivity contribution is 5.71. The lowest BCUT2D eigenvalue weighted by atomic mass is 10.1. The van der Waals surface area contributed by atoms with E-state index in [0.29, 0.717) is 0 Å². The zero-order chi connectivity index (χ0) is 17.4. The highest BCUT2D eigenvalue weighted by Gasteiger charge is 2.65. The van der Waals surface area contributed by atoms with E-state index in [0.717, 1.165) is 0 Å². The predicted octanol–water partition coefficient (Wildman–Crippen LogP) is 3.15. The molecule has 1 aliphatic rings. The first-order valence-corrected chi connectivity index (χ1v) is 6.17. The summed E-state index contributed by atoms with van der Waals surface area (Å²) in [6.45, 7) is 2.30. The number of hydrogen-bond donors (Lipinski definition) is 0. The SMILES string of the molecule is CC1(COC(=O)CC(F)(F)F)CC1(C)OC(=O)CC(F)(F)F. The number of esters is 2. The van der Waals surface area contributed by atoms with E-state index < -0.39 is 54.8 Å². The molecule has 1 fully saturated rings. The fraction of sp³-hybridized carbons (Fsp3) is 0.833. The van der Waals surface area contributed by atoms with Crippen molar-refractivity contribution in [3.05, 3.63) is 0 Å². The van der Waals surface area contributed by atoms with E-state index in [1.165, 1.54) is 13.8 Å². The van der Waals surface area contributed by atoms with Gasteiger partial charge in [-0.15, -0.1) is 0 Å². The molecule has 10 heteroatoms. The third-order valence-corrected chi connectivity index (χ3v) is 3.46. The van der Waals surface area contributed by atoms with Crippen LogP contribution < -0.4 is 0 Å². The van der Waals surface area contributed by atoms with E-state index >= 15 is 0 Å². The molecule has 0 spiro atoms. The number of carbonyl (C=O) groups excluding carboxylic acids is 2. The van der Waals surface area contributed by atoms with E-state index in [4.69, 9.17) is 4.74 Å². The van der Waals surface area contributed by atoms with Crippen molar-refractivity contribution in [3.8, 4) is 0 Å². The van der Waals surface area contributed by atoms with Crippen LogP contribution in [0.5, 0.6) is 0 Å². The van der Waals surface area contributed by atoms with Crippen LogP contribution in [0.4, 0.5) is 26.3 Å². The number of hydrogen-bond acceptors (Lipinski definition) is 4. The molecular weight excluding hydrogens is 322 g/mol. The molecule has 0 aromatic rings. The molecule has 0 aromatic carbocycles. The Morgan fingerprint density at radius 1 is 0.955 bits per heavy atom. The minimum atomic E-state index is -4.71. The van der Waals surface area contributed by atoms with Crippen LogP contribution in [-0.2, 0) is 19.1 Å². The maximum Gasteiger partial charge on any atom is 0.399 e. The number of halogens is 6. The quantitative estimate of drug-likeness (QED) is 0.572. The molecule has 4 nitrogen and oxygen atoms in total. The van der Waals surface area contributed by atoms with Gasteiger partial charge in [0.1, 0.15) is 25.0 Å². The molecule has 0 bridgehead atoms. The zero-order valence-electron chi connectivity index (χ0n) is 11.7. The van der Waals surface area contributed by atoms with Crippen molar-refractivity contribution in [1.29, 1.82) is 0 Å². The molecule has 0 N–H and O–H groups in total. The summed E-state index contributed by atoms with van der Waals surface area (Å²) in [5.41, 5.74) is -2.30. The average molecular weight is 336 g/mol. The van der Waals surface area contributed by atoms with Gasteiger partial charge in [0, 0.05) is 11.8 Å². The molecule has 1 saturated carbocycles. The summed E-state index contributed by atoms with van der Waals surface area (Å²) in [6.07, 6.45) is -12.8. The second-order valence-electron chi connectivity index (χ2n) is 5.69. The van der Waals surface area contributed by atoms with Crippen LogP contribution in [0.3, 0.4) is 0 Å². The van der Waals surface area contributed by atoms with E-state index in [1.54, 1.807) is 0 Å². The monoisotopic (exact) mass is 336 g/mol. The molecule has 1 rings (SSSR count). The summed E-state index contributed by atoms with van der Waals surface area (Å²) in [6, 6.07) is 0. The summed E-state index contributed by atoms with van der Waals surface area (Å²) in [4.78, 5) is 22.1. The fourth-order valence-corrected chi connectivity index (χ4v) is 1.97. The topological polar surface area (TPSA) is 52.6 Å². The summed E-state index contributed by atoms with van der Waals surface area (Å²) < 4.78 is 81.1. The van der Waals surface area contributed by atoms with Gasteiger partial charge < -0.3 is 9.47 Å². The van der Waals surface area contributed by atoms with Crippen LogP contribution >= 0.6 is 0 Å². The lowest BCUT2D eigenvalue weighted by Crippen LogP contribution is -2.29. The molecule has 1 aliphatic carbocycles. The van der Waals surface area contributed by atoms with Gasteiger partial charge in [-0.2, -0.15) is 26.3 Å². The lowest BCUT2D eigenvalue weighted by Gasteiger charge is -2.20. The smallest absolute Gasteiger partial charge is 0.399 e. The standard InChI is InChI=1S/C12H14F6O4/c1-9(6-21-7(19)3-11(13,14)15)5-10(9,2)22-8(20)4-12(16,17)18/h3-6H2,1-2H3. The van der Waals surface area contributed by atoms with Gasteiger partial charge in [0.15, 0.2) is 0 Å². The Hall–Kier alpha value is -1.48. The molecule has 22 heavy (non-hydrogen) atoms. The van der Waals surface area contributed by atoms with Gasteiger partial charge in [0.25, 0.3) is 0 Å². The molecule has 128 valence electrons. The van der Waals surface area contributed by atoms with E-state index in [-0.39, 0.29) is 6.42 Å². The first kappa shape index (κ1) is 18.6. The molecule has 0 aliphatic heterocycles. The zero-order valence-corrected chi connectivity index (χ0v) is 11.7. The summed E-state index contributed by atoms with van der Waals surface area (Å²) in [5.74, 6) is -2.98. The maximum absolute atomic E-state index is 12.0. The van der Waals surface area contributed by atoms with Crippen molar-refractivity contribution in [2.75, 3.05) is 6.61 Å². The Balaban J connectivity index is 2.47. The summed E-state index contributed by atoms with van der Waals surface area (Å²) in [7, 11) is 0. The van der Waals surface area contributed by atoms with E-state index in [2.05, 4.69) is 4.74 Å². The van der Waals surface area contributed by atoms with Crippen molar-refractivity contribution in [2.24, 2.45) is 5.41 Å². The highest BCUT2D eigenvalue weighted by Crippen LogP contribution is 2.58. The molecule has 0 heterocycles. The van der Waals surface area contributed by atoms with Crippen LogP contribution in [-0.4, -0.2) is 36.5 Å².